The third-order valence-corrected chi connectivity index (χ3v) is 4.63. The van der Waals surface area contributed by atoms with Crippen LogP contribution in [-0.2, 0) is 27.3 Å². The molecule has 0 amide bonds. The molecule has 0 atom stereocenters. The van der Waals surface area contributed by atoms with Gasteiger partial charge in [0.1, 0.15) is 11.5 Å². The summed E-state index contributed by atoms with van der Waals surface area (Å²) >= 11 is 1.65. The number of rotatable bonds is 8. The zero-order valence-electron chi connectivity index (χ0n) is 13.8. The highest BCUT2D eigenvalue weighted by Crippen LogP contribution is 2.16. The van der Waals surface area contributed by atoms with Crippen LogP contribution in [-0.4, -0.2) is 58.5 Å². The third-order valence-electron chi connectivity index (χ3n) is 2.80. The summed E-state index contributed by atoms with van der Waals surface area (Å²) in [6.45, 7) is 1.21. The second-order valence-corrected chi connectivity index (χ2v) is 7.65. The minimum absolute atomic E-state index is 0.0573. The molecule has 2 rings (SSSR count). The number of nitrogens with zero attached hydrogens (tertiary/aromatic N) is 3. The summed E-state index contributed by atoms with van der Waals surface area (Å²) < 4.78 is 34.2. The van der Waals surface area contributed by atoms with Gasteiger partial charge in [0.2, 0.25) is 5.84 Å². The fourth-order valence-electron chi connectivity index (χ4n) is 1.92. The topological polar surface area (TPSA) is 109 Å². The van der Waals surface area contributed by atoms with Crippen LogP contribution in [0.2, 0.25) is 0 Å². The minimum atomic E-state index is -3.72. The third kappa shape index (κ3) is 5.82. The van der Waals surface area contributed by atoms with Gasteiger partial charge in [-0.05, 0) is 26.2 Å². The van der Waals surface area contributed by atoms with Gasteiger partial charge in [-0.15, -0.1) is 4.40 Å². The Morgan fingerprint density at radius 1 is 1.42 bits per heavy atom. The van der Waals surface area contributed by atoms with Gasteiger partial charge < -0.3 is 9.32 Å². The van der Waals surface area contributed by atoms with Crippen molar-refractivity contribution in [1.29, 1.82) is 0 Å². The Balaban J connectivity index is 1.76. The zero-order valence-corrected chi connectivity index (χ0v) is 15.4. The lowest BCUT2D eigenvalue weighted by atomic mass is 10.4. The molecule has 2 N–H and O–H groups in total. The van der Waals surface area contributed by atoms with Crippen LogP contribution in [0.3, 0.4) is 0 Å². The van der Waals surface area contributed by atoms with E-state index in [4.69, 9.17) is 4.42 Å². The molecule has 0 aromatic carbocycles. The van der Waals surface area contributed by atoms with Gasteiger partial charge in [-0.1, -0.05) is 0 Å². The molecule has 2 heterocycles. The van der Waals surface area contributed by atoms with E-state index in [1.54, 1.807) is 11.8 Å². The largest absolute Gasteiger partial charge is 0.464 e. The predicted octanol–water partition coefficient (Wildman–Crippen LogP) is 0.370. The number of hydrogen-bond acceptors (Lipinski definition) is 8. The van der Waals surface area contributed by atoms with Gasteiger partial charge in [0.15, 0.2) is 5.84 Å². The van der Waals surface area contributed by atoms with Gasteiger partial charge in [0.25, 0.3) is 0 Å². The SMILES string of the molecule is CONC1=NS(=O)(=O)NC1=NCCSCc1ccc(CN(C)C)o1. The minimum Gasteiger partial charge on any atom is -0.464 e. The number of aliphatic imine (C=N–C) groups is 1. The molecule has 0 unspecified atom stereocenters. The molecule has 134 valence electrons. The predicted molar refractivity (Wildman–Crippen MR) is 94.2 cm³/mol. The van der Waals surface area contributed by atoms with E-state index in [-0.39, 0.29) is 11.7 Å². The lowest BCUT2D eigenvalue weighted by Gasteiger charge is -2.05. The van der Waals surface area contributed by atoms with Crippen molar-refractivity contribution in [2.75, 3.05) is 33.5 Å². The first kappa shape index (κ1) is 18.8. The van der Waals surface area contributed by atoms with E-state index in [9.17, 15) is 8.42 Å². The quantitative estimate of drug-likeness (QED) is 0.499. The standard InChI is InChI=1S/C13H21N5O4S2/c1-18(2)8-10-4-5-11(22-10)9-23-7-6-14-12-13(15-21-3)17-24(19,20)16-12/h4-5H,6-9H2,1-3H3,(H,14,16)(H,15,17). The Labute approximate surface area is 145 Å². The van der Waals surface area contributed by atoms with Gasteiger partial charge in [-0.2, -0.15) is 20.2 Å². The van der Waals surface area contributed by atoms with E-state index in [0.717, 1.165) is 29.6 Å². The molecule has 0 radical (unpaired) electrons. The van der Waals surface area contributed by atoms with Crippen LogP contribution < -0.4 is 10.2 Å². The van der Waals surface area contributed by atoms with Crippen molar-refractivity contribution in [2.45, 2.75) is 12.3 Å². The van der Waals surface area contributed by atoms with E-state index in [2.05, 4.69) is 24.4 Å². The smallest absolute Gasteiger partial charge is 0.345 e. The first-order chi connectivity index (χ1) is 11.4. The van der Waals surface area contributed by atoms with E-state index >= 15 is 0 Å². The number of hydroxylamine groups is 1. The molecule has 0 spiro atoms. The summed E-state index contributed by atoms with van der Waals surface area (Å²) in [4.78, 5) is 10.9. The Kier molecular flexibility index (Phi) is 6.66. The summed E-state index contributed by atoms with van der Waals surface area (Å²) in [7, 11) is 1.63. The fraction of sp³-hybridized carbons (Fsp3) is 0.538. The molecule has 9 nitrogen and oxygen atoms in total. The Morgan fingerprint density at radius 2 is 2.17 bits per heavy atom. The molecular weight excluding hydrogens is 354 g/mol. The number of thioether (sulfide) groups is 1. The van der Waals surface area contributed by atoms with Gasteiger partial charge in [0, 0.05) is 5.75 Å². The Hall–Kier alpha value is -1.56. The second kappa shape index (κ2) is 8.51. The molecule has 1 aromatic heterocycles. The summed E-state index contributed by atoms with van der Waals surface area (Å²) in [5.41, 5.74) is 2.39. The molecule has 24 heavy (non-hydrogen) atoms. The van der Waals surface area contributed by atoms with Crippen molar-refractivity contribution < 1.29 is 17.7 Å². The lowest BCUT2D eigenvalue weighted by Crippen LogP contribution is -2.34. The molecule has 0 aliphatic carbocycles. The highest BCUT2D eigenvalue weighted by molar-refractivity contribution is 7.98. The van der Waals surface area contributed by atoms with E-state index in [1.165, 1.54) is 7.11 Å². The fourth-order valence-corrected chi connectivity index (χ4v) is 3.46. The first-order valence-corrected chi connectivity index (χ1v) is 9.75. The average Bonchev–Trinajstić information content (AvgIpc) is 3.02. The van der Waals surface area contributed by atoms with Crippen molar-refractivity contribution in [3.8, 4) is 0 Å². The van der Waals surface area contributed by atoms with Gasteiger partial charge in [-0.25, -0.2) is 10.2 Å². The summed E-state index contributed by atoms with van der Waals surface area (Å²) in [6.07, 6.45) is 0. The van der Waals surface area contributed by atoms with Crippen molar-refractivity contribution in [3.63, 3.8) is 0 Å². The second-order valence-electron chi connectivity index (χ2n) is 5.21. The maximum absolute atomic E-state index is 11.4. The lowest BCUT2D eigenvalue weighted by molar-refractivity contribution is 0.146. The maximum Gasteiger partial charge on any atom is 0.345 e. The van der Waals surface area contributed by atoms with Crippen LogP contribution in [0.1, 0.15) is 11.5 Å². The first-order valence-electron chi connectivity index (χ1n) is 7.16. The molecule has 0 bridgehead atoms. The molecule has 11 heteroatoms. The molecule has 0 saturated heterocycles. The molecule has 1 aliphatic rings. The summed E-state index contributed by atoms with van der Waals surface area (Å²) in [5.74, 6) is 3.51. The average molecular weight is 375 g/mol. The number of nitrogens with one attached hydrogen (secondary N) is 2. The molecule has 1 aromatic rings. The number of furan rings is 1. The monoisotopic (exact) mass is 375 g/mol. The van der Waals surface area contributed by atoms with Crippen LogP contribution in [0.4, 0.5) is 0 Å². The van der Waals surface area contributed by atoms with Crippen molar-refractivity contribution in [2.24, 2.45) is 9.39 Å². The molecular formula is C13H21N5O4S2. The summed E-state index contributed by atoms with van der Waals surface area (Å²) in [5, 5.41) is 0. The van der Waals surface area contributed by atoms with Gasteiger partial charge >= 0.3 is 10.2 Å². The van der Waals surface area contributed by atoms with Crippen LogP contribution in [0, 0.1) is 0 Å². The Bertz CT molecular complexity index is 712. The zero-order chi connectivity index (χ0) is 17.6. The van der Waals surface area contributed by atoms with Crippen LogP contribution in [0.5, 0.6) is 0 Å². The van der Waals surface area contributed by atoms with Crippen molar-refractivity contribution in [1.82, 2.24) is 15.1 Å². The molecule has 0 saturated carbocycles. The number of amidine groups is 2. The van der Waals surface area contributed by atoms with Crippen molar-refractivity contribution in [3.05, 3.63) is 23.7 Å². The highest BCUT2D eigenvalue weighted by atomic mass is 32.2. The summed E-state index contributed by atoms with van der Waals surface area (Å²) in [6, 6.07) is 3.94. The normalized spacial score (nSPS) is 18.0. The van der Waals surface area contributed by atoms with Gasteiger partial charge in [0.05, 0.1) is 26.0 Å². The number of hydrogen-bond donors (Lipinski definition) is 2. The van der Waals surface area contributed by atoms with Crippen LogP contribution >= 0.6 is 11.8 Å². The molecule has 1 aliphatic heterocycles. The van der Waals surface area contributed by atoms with Gasteiger partial charge in [-0.3, -0.25) is 9.83 Å². The maximum atomic E-state index is 11.4. The van der Waals surface area contributed by atoms with E-state index in [0.29, 0.717) is 6.54 Å². The van der Waals surface area contributed by atoms with E-state index in [1.807, 2.05) is 31.1 Å². The van der Waals surface area contributed by atoms with Crippen molar-refractivity contribution >= 4 is 33.6 Å². The van der Waals surface area contributed by atoms with E-state index < -0.39 is 10.2 Å². The van der Waals surface area contributed by atoms with Crippen LogP contribution in [0.15, 0.2) is 25.9 Å². The van der Waals surface area contributed by atoms with Crippen LogP contribution in [0.25, 0.3) is 0 Å². The molecule has 0 fully saturated rings. The Morgan fingerprint density at radius 3 is 2.88 bits per heavy atom. The highest BCUT2D eigenvalue weighted by Gasteiger charge is 2.26.